The van der Waals surface area contributed by atoms with Crippen LogP contribution in [0.4, 0.5) is 0 Å². The van der Waals surface area contributed by atoms with Crippen LogP contribution >= 0.6 is 11.3 Å². The fourth-order valence-corrected chi connectivity index (χ4v) is 2.81. The second-order valence-electron chi connectivity index (χ2n) is 4.13. The lowest BCUT2D eigenvalue weighted by Gasteiger charge is -2.21. The van der Waals surface area contributed by atoms with Gasteiger partial charge in [-0.25, -0.2) is 4.98 Å². The van der Waals surface area contributed by atoms with Crippen molar-refractivity contribution in [3.05, 3.63) is 16.1 Å². The molecule has 2 rings (SSSR count). The number of hydrogen-bond acceptors (Lipinski definition) is 3. The SMILES string of the molecule is Cc1csc(CCC2CCCNC2)n1. The van der Waals surface area contributed by atoms with Crippen LogP contribution in [0.5, 0.6) is 0 Å². The zero-order valence-electron chi connectivity index (χ0n) is 8.75. The van der Waals surface area contributed by atoms with Gasteiger partial charge in [-0.1, -0.05) is 0 Å². The highest BCUT2D eigenvalue weighted by Gasteiger charge is 2.13. The van der Waals surface area contributed by atoms with E-state index < -0.39 is 0 Å². The molecule has 1 fully saturated rings. The average Bonchev–Trinajstić information content (AvgIpc) is 2.63. The molecule has 0 aliphatic carbocycles. The maximum absolute atomic E-state index is 4.49. The summed E-state index contributed by atoms with van der Waals surface area (Å²) in [5.41, 5.74) is 1.17. The van der Waals surface area contributed by atoms with Gasteiger partial charge in [-0.15, -0.1) is 11.3 Å². The number of piperidine rings is 1. The van der Waals surface area contributed by atoms with Crippen molar-refractivity contribution in [3.63, 3.8) is 0 Å². The van der Waals surface area contributed by atoms with Gasteiger partial charge in [-0.05, 0) is 51.6 Å². The van der Waals surface area contributed by atoms with Crippen molar-refractivity contribution >= 4 is 11.3 Å². The Morgan fingerprint density at radius 3 is 3.21 bits per heavy atom. The van der Waals surface area contributed by atoms with Crippen molar-refractivity contribution in [2.45, 2.75) is 32.6 Å². The molecule has 0 bridgehead atoms. The maximum atomic E-state index is 4.49. The van der Waals surface area contributed by atoms with E-state index in [4.69, 9.17) is 0 Å². The van der Waals surface area contributed by atoms with Gasteiger partial charge in [0.2, 0.25) is 0 Å². The summed E-state index contributed by atoms with van der Waals surface area (Å²) in [6.07, 6.45) is 5.23. The number of thiazole rings is 1. The molecule has 2 nitrogen and oxygen atoms in total. The minimum Gasteiger partial charge on any atom is -0.316 e. The lowest BCUT2D eigenvalue weighted by Crippen LogP contribution is -2.29. The first-order valence-corrected chi connectivity index (χ1v) is 6.34. The Morgan fingerprint density at radius 2 is 2.57 bits per heavy atom. The van der Waals surface area contributed by atoms with Crippen LogP contribution in [0.3, 0.4) is 0 Å². The van der Waals surface area contributed by atoms with Crippen LogP contribution in [0, 0.1) is 12.8 Å². The van der Waals surface area contributed by atoms with E-state index in [1.165, 1.54) is 49.5 Å². The summed E-state index contributed by atoms with van der Waals surface area (Å²) in [6.45, 7) is 4.50. The average molecular weight is 210 g/mol. The van der Waals surface area contributed by atoms with Gasteiger partial charge in [-0.2, -0.15) is 0 Å². The minimum atomic E-state index is 0.882. The van der Waals surface area contributed by atoms with E-state index in [-0.39, 0.29) is 0 Å². The van der Waals surface area contributed by atoms with E-state index in [1.807, 2.05) is 0 Å². The van der Waals surface area contributed by atoms with E-state index >= 15 is 0 Å². The zero-order chi connectivity index (χ0) is 9.80. The lowest BCUT2D eigenvalue weighted by molar-refractivity contribution is 0.358. The van der Waals surface area contributed by atoms with Crippen LogP contribution in [-0.2, 0) is 6.42 Å². The highest BCUT2D eigenvalue weighted by molar-refractivity contribution is 7.09. The third-order valence-electron chi connectivity index (χ3n) is 2.83. The lowest BCUT2D eigenvalue weighted by atomic mass is 9.95. The molecule has 1 unspecified atom stereocenters. The molecular weight excluding hydrogens is 192 g/mol. The Kier molecular flexibility index (Phi) is 3.54. The first kappa shape index (κ1) is 10.1. The monoisotopic (exact) mass is 210 g/mol. The van der Waals surface area contributed by atoms with Gasteiger partial charge in [0.1, 0.15) is 0 Å². The van der Waals surface area contributed by atoms with Crippen molar-refractivity contribution in [1.82, 2.24) is 10.3 Å². The van der Waals surface area contributed by atoms with Gasteiger partial charge in [0.05, 0.1) is 5.01 Å². The molecule has 0 amide bonds. The highest BCUT2D eigenvalue weighted by Crippen LogP contribution is 2.18. The summed E-state index contributed by atoms with van der Waals surface area (Å²) in [7, 11) is 0. The van der Waals surface area contributed by atoms with Crippen molar-refractivity contribution in [2.75, 3.05) is 13.1 Å². The molecular formula is C11H18N2S. The number of aryl methyl sites for hydroxylation is 2. The van der Waals surface area contributed by atoms with Crippen LogP contribution in [0.15, 0.2) is 5.38 Å². The number of rotatable bonds is 3. The van der Waals surface area contributed by atoms with Crippen LogP contribution in [0.1, 0.15) is 30.0 Å². The van der Waals surface area contributed by atoms with Crippen molar-refractivity contribution in [3.8, 4) is 0 Å². The van der Waals surface area contributed by atoms with Crippen LogP contribution in [0.2, 0.25) is 0 Å². The molecule has 0 radical (unpaired) electrons. The molecule has 1 aromatic heterocycles. The molecule has 14 heavy (non-hydrogen) atoms. The molecule has 0 spiro atoms. The van der Waals surface area contributed by atoms with Gasteiger partial charge >= 0.3 is 0 Å². The zero-order valence-corrected chi connectivity index (χ0v) is 9.57. The third kappa shape index (κ3) is 2.79. The van der Waals surface area contributed by atoms with E-state index in [9.17, 15) is 0 Å². The molecule has 1 aliphatic heterocycles. The van der Waals surface area contributed by atoms with Gasteiger partial charge in [0.15, 0.2) is 0 Å². The minimum absolute atomic E-state index is 0.882. The molecule has 2 heterocycles. The number of nitrogens with one attached hydrogen (secondary N) is 1. The topological polar surface area (TPSA) is 24.9 Å². The Hall–Kier alpha value is -0.410. The summed E-state index contributed by atoms with van der Waals surface area (Å²) >= 11 is 1.81. The van der Waals surface area contributed by atoms with E-state index in [1.54, 1.807) is 11.3 Å². The van der Waals surface area contributed by atoms with Gasteiger partial charge in [-0.3, -0.25) is 0 Å². The Balaban J connectivity index is 1.76. The first-order chi connectivity index (χ1) is 6.84. The molecule has 0 saturated carbocycles. The largest absolute Gasteiger partial charge is 0.316 e. The standard InChI is InChI=1S/C11H18N2S/c1-9-8-14-11(13-9)5-4-10-3-2-6-12-7-10/h8,10,12H,2-7H2,1H3. The van der Waals surface area contributed by atoms with Gasteiger partial charge in [0, 0.05) is 11.1 Å². The normalized spacial score (nSPS) is 22.5. The number of aromatic nitrogens is 1. The molecule has 0 aromatic carbocycles. The number of hydrogen-bond donors (Lipinski definition) is 1. The molecule has 1 N–H and O–H groups in total. The van der Waals surface area contributed by atoms with Gasteiger partial charge < -0.3 is 5.32 Å². The highest BCUT2D eigenvalue weighted by atomic mass is 32.1. The smallest absolute Gasteiger partial charge is 0.0928 e. The van der Waals surface area contributed by atoms with E-state index in [0.29, 0.717) is 0 Å². The summed E-state index contributed by atoms with van der Waals surface area (Å²) < 4.78 is 0. The summed E-state index contributed by atoms with van der Waals surface area (Å²) in [4.78, 5) is 4.49. The predicted molar refractivity (Wildman–Crippen MR) is 60.8 cm³/mol. The predicted octanol–water partition coefficient (Wildman–Crippen LogP) is 2.38. The molecule has 1 aliphatic rings. The second-order valence-corrected chi connectivity index (χ2v) is 5.08. The molecule has 1 atom stereocenters. The van der Waals surface area contributed by atoms with E-state index in [2.05, 4.69) is 22.6 Å². The van der Waals surface area contributed by atoms with Crippen LogP contribution in [0.25, 0.3) is 0 Å². The fourth-order valence-electron chi connectivity index (χ4n) is 2.02. The van der Waals surface area contributed by atoms with Crippen molar-refractivity contribution in [2.24, 2.45) is 5.92 Å². The molecule has 78 valence electrons. The fraction of sp³-hybridized carbons (Fsp3) is 0.727. The molecule has 1 saturated heterocycles. The second kappa shape index (κ2) is 4.89. The Morgan fingerprint density at radius 1 is 1.64 bits per heavy atom. The summed E-state index contributed by atoms with van der Waals surface area (Å²) in [5.74, 6) is 0.882. The third-order valence-corrected chi connectivity index (χ3v) is 3.86. The summed E-state index contributed by atoms with van der Waals surface area (Å²) in [6, 6.07) is 0. The van der Waals surface area contributed by atoms with Crippen LogP contribution in [-0.4, -0.2) is 18.1 Å². The summed E-state index contributed by atoms with van der Waals surface area (Å²) in [5, 5.41) is 6.92. The Bertz CT molecular complexity index is 277. The van der Waals surface area contributed by atoms with Crippen molar-refractivity contribution in [1.29, 1.82) is 0 Å². The van der Waals surface area contributed by atoms with E-state index in [0.717, 1.165) is 5.92 Å². The quantitative estimate of drug-likeness (QED) is 0.828. The molecule has 1 aromatic rings. The molecule has 3 heteroatoms. The maximum Gasteiger partial charge on any atom is 0.0928 e. The van der Waals surface area contributed by atoms with Gasteiger partial charge in [0.25, 0.3) is 0 Å². The first-order valence-electron chi connectivity index (χ1n) is 5.46. The Labute approximate surface area is 89.8 Å². The van der Waals surface area contributed by atoms with Crippen molar-refractivity contribution < 1.29 is 0 Å². The van der Waals surface area contributed by atoms with Crippen LogP contribution < -0.4 is 5.32 Å². The number of nitrogens with zero attached hydrogens (tertiary/aromatic N) is 1.